The Balaban J connectivity index is 1.42. The van der Waals surface area contributed by atoms with Gasteiger partial charge in [-0.2, -0.15) is 0 Å². The van der Waals surface area contributed by atoms with E-state index >= 15 is 0 Å². The van der Waals surface area contributed by atoms with E-state index in [-0.39, 0.29) is 5.78 Å². The Hall–Kier alpha value is -2.64. The van der Waals surface area contributed by atoms with Crippen molar-refractivity contribution >= 4 is 28.9 Å². The summed E-state index contributed by atoms with van der Waals surface area (Å²) in [6.45, 7) is 7.89. The molecule has 0 saturated carbocycles. The molecule has 3 aromatic heterocycles. The second-order valence-corrected chi connectivity index (χ2v) is 9.76. The van der Waals surface area contributed by atoms with E-state index < -0.39 is 0 Å². The smallest absolute Gasteiger partial charge is 0.191 e. The third kappa shape index (κ3) is 5.05. The number of hydrogen-bond acceptors (Lipinski definition) is 5. The SMILES string of the molecule is CCn1c(Cc2ccccc2)nnc1SCC(=O)c1cc(C)n(CCc2cccs2)c1C. The summed E-state index contributed by atoms with van der Waals surface area (Å²) >= 11 is 3.25. The van der Waals surface area contributed by atoms with Crippen LogP contribution in [0.4, 0.5) is 0 Å². The van der Waals surface area contributed by atoms with E-state index in [4.69, 9.17) is 0 Å². The van der Waals surface area contributed by atoms with Crippen molar-refractivity contribution in [3.05, 3.63) is 87.1 Å². The minimum Gasteiger partial charge on any atom is -0.348 e. The van der Waals surface area contributed by atoms with Crippen LogP contribution in [0.3, 0.4) is 0 Å². The van der Waals surface area contributed by atoms with E-state index in [1.807, 2.05) is 31.2 Å². The standard InChI is InChI=1S/C25H28N4OS2/c1-4-28-24(16-20-9-6-5-7-10-20)26-27-25(28)32-17-23(30)22-15-18(2)29(19(22)3)13-12-21-11-8-14-31-21/h5-11,14-15H,4,12-13,16-17H2,1-3H3. The fourth-order valence-electron chi connectivity index (χ4n) is 3.96. The first kappa shape index (κ1) is 22.6. The molecule has 0 spiro atoms. The van der Waals surface area contributed by atoms with Gasteiger partial charge >= 0.3 is 0 Å². The predicted molar refractivity (Wildman–Crippen MR) is 132 cm³/mol. The highest BCUT2D eigenvalue weighted by atomic mass is 32.2. The number of carbonyl (C=O) groups excluding carboxylic acids is 1. The molecule has 0 aliphatic carbocycles. The second kappa shape index (κ2) is 10.3. The quantitative estimate of drug-likeness (QED) is 0.227. The molecule has 32 heavy (non-hydrogen) atoms. The average Bonchev–Trinajstić information content (AvgIpc) is 3.51. The highest BCUT2D eigenvalue weighted by Crippen LogP contribution is 2.23. The molecular formula is C25H28N4OS2. The highest BCUT2D eigenvalue weighted by molar-refractivity contribution is 7.99. The zero-order chi connectivity index (χ0) is 22.5. The van der Waals surface area contributed by atoms with Gasteiger partial charge in [0.1, 0.15) is 5.82 Å². The number of benzene rings is 1. The van der Waals surface area contributed by atoms with Gasteiger partial charge in [-0.25, -0.2) is 0 Å². The summed E-state index contributed by atoms with van der Waals surface area (Å²) in [5.41, 5.74) is 4.20. The van der Waals surface area contributed by atoms with Gasteiger partial charge in [-0.1, -0.05) is 48.2 Å². The number of Topliss-reactive ketones (excluding diaryl/α,β-unsaturated/α-hetero) is 1. The molecule has 0 radical (unpaired) electrons. The van der Waals surface area contributed by atoms with E-state index in [1.165, 1.54) is 22.2 Å². The molecule has 0 atom stereocenters. The van der Waals surface area contributed by atoms with Crippen molar-refractivity contribution in [1.82, 2.24) is 19.3 Å². The first-order valence-electron chi connectivity index (χ1n) is 10.9. The molecule has 0 aliphatic rings. The maximum Gasteiger partial charge on any atom is 0.191 e. The lowest BCUT2D eigenvalue weighted by atomic mass is 10.1. The molecule has 0 amide bonds. The number of thiophene rings is 1. The number of carbonyl (C=O) groups is 1. The van der Waals surface area contributed by atoms with E-state index in [2.05, 4.69) is 62.8 Å². The van der Waals surface area contributed by atoms with Crippen LogP contribution in [0.1, 0.15) is 44.9 Å². The molecule has 0 fully saturated rings. The molecule has 5 nitrogen and oxygen atoms in total. The van der Waals surface area contributed by atoms with Crippen molar-refractivity contribution in [3.63, 3.8) is 0 Å². The van der Waals surface area contributed by atoms with E-state index in [9.17, 15) is 4.79 Å². The summed E-state index contributed by atoms with van der Waals surface area (Å²) in [4.78, 5) is 14.4. The molecule has 7 heteroatoms. The Morgan fingerprint density at radius 2 is 1.88 bits per heavy atom. The van der Waals surface area contributed by atoms with Gasteiger partial charge in [0.05, 0.1) is 5.75 Å². The number of nitrogens with zero attached hydrogens (tertiary/aromatic N) is 4. The van der Waals surface area contributed by atoms with E-state index in [0.717, 1.165) is 53.9 Å². The molecule has 0 N–H and O–H groups in total. The lowest BCUT2D eigenvalue weighted by Crippen LogP contribution is -2.09. The third-order valence-electron chi connectivity index (χ3n) is 5.68. The maximum absolute atomic E-state index is 13.0. The first-order chi connectivity index (χ1) is 15.6. The average molecular weight is 465 g/mol. The summed E-state index contributed by atoms with van der Waals surface area (Å²) in [5.74, 6) is 1.43. The summed E-state index contributed by atoms with van der Waals surface area (Å²) in [6, 6.07) is 16.6. The fraction of sp³-hybridized carbons (Fsp3) is 0.320. The van der Waals surface area contributed by atoms with Crippen LogP contribution in [0.15, 0.2) is 59.1 Å². The zero-order valence-corrected chi connectivity index (χ0v) is 20.4. The van der Waals surface area contributed by atoms with Gasteiger partial charge in [0, 0.05) is 41.3 Å². The van der Waals surface area contributed by atoms with Gasteiger partial charge in [-0.05, 0) is 50.3 Å². The Labute approximate surface area is 197 Å². The van der Waals surface area contributed by atoms with Gasteiger partial charge in [-0.15, -0.1) is 21.5 Å². The zero-order valence-electron chi connectivity index (χ0n) is 18.7. The van der Waals surface area contributed by atoms with Gasteiger partial charge in [0.25, 0.3) is 0 Å². The van der Waals surface area contributed by atoms with Crippen LogP contribution in [0, 0.1) is 13.8 Å². The van der Waals surface area contributed by atoms with Crippen LogP contribution in [0.5, 0.6) is 0 Å². The predicted octanol–water partition coefficient (Wildman–Crippen LogP) is 5.59. The van der Waals surface area contributed by atoms with Crippen molar-refractivity contribution in [3.8, 4) is 0 Å². The lowest BCUT2D eigenvalue weighted by molar-refractivity contribution is 0.102. The number of thioether (sulfide) groups is 1. The Morgan fingerprint density at radius 3 is 2.59 bits per heavy atom. The van der Waals surface area contributed by atoms with Crippen molar-refractivity contribution in [2.24, 2.45) is 0 Å². The van der Waals surface area contributed by atoms with Crippen LogP contribution in [-0.2, 0) is 25.9 Å². The topological polar surface area (TPSA) is 52.7 Å². The minimum atomic E-state index is 0.140. The number of hydrogen-bond donors (Lipinski definition) is 0. The van der Waals surface area contributed by atoms with E-state index in [0.29, 0.717) is 5.75 Å². The molecule has 3 heterocycles. The normalized spacial score (nSPS) is 11.2. The minimum absolute atomic E-state index is 0.140. The van der Waals surface area contributed by atoms with Gasteiger partial charge in [0.2, 0.25) is 0 Å². The van der Waals surface area contributed by atoms with E-state index in [1.54, 1.807) is 11.3 Å². The maximum atomic E-state index is 13.0. The lowest BCUT2D eigenvalue weighted by Gasteiger charge is -2.09. The fourth-order valence-corrected chi connectivity index (χ4v) is 5.57. The van der Waals surface area contributed by atoms with Crippen molar-refractivity contribution in [2.45, 2.75) is 51.9 Å². The van der Waals surface area contributed by atoms with Crippen LogP contribution >= 0.6 is 23.1 Å². The van der Waals surface area contributed by atoms with Gasteiger partial charge in [-0.3, -0.25) is 4.79 Å². The Bertz CT molecular complexity index is 1180. The van der Waals surface area contributed by atoms with Gasteiger partial charge in [0.15, 0.2) is 10.9 Å². The molecule has 0 bridgehead atoms. The number of aryl methyl sites for hydroxylation is 2. The third-order valence-corrected chi connectivity index (χ3v) is 7.59. The molecule has 1 aromatic carbocycles. The number of ketones is 1. The first-order valence-corrected chi connectivity index (χ1v) is 12.7. The molecular weight excluding hydrogens is 436 g/mol. The number of aromatic nitrogens is 4. The number of rotatable bonds is 10. The summed E-state index contributed by atoms with van der Waals surface area (Å²) < 4.78 is 4.36. The summed E-state index contributed by atoms with van der Waals surface area (Å²) in [5, 5.41) is 11.7. The second-order valence-electron chi connectivity index (χ2n) is 7.78. The largest absolute Gasteiger partial charge is 0.348 e. The molecule has 166 valence electrons. The summed E-state index contributed by atoms with van der Waals surface area (Å²) in [7, 11) is 0. The van der Waals surface area contributed by atoms with Crippen LogP contribution in [0.2, 0.25) is 0 Å². The molecule has 4 aromatic rings. The Morgan fingerprint density at radius 1 is 1.06 bits per heavy atom. The highest BCUT2D eigenvalue weighted by Gasteiger charge is 2.18. The Kier molecular flexibility index (Phi) is 7.27. The van der Waals surface area contributed by atoms with Gasteiger partial charge < -0.3 is 9.13 Å². The molecule has 0 unspecified atom stereocenters. The van der Waals surface area contributed by atoms with Crippen molar-refractivity contribution in [2.75, 3.05) is 5.75 Å². The van der Waals surface area contributed by atoms with Crippen LogP contribution in [-0.4, -0.2) is 30.9 Å². The molecule has 4 rings (SSSR count). The molecule has 0 aliphatic heterocycles. The van der Waals surface area contributed by atoms with Crippen molar-refractivity contribution in [1.29, 1.82) is 0 Å². The summed E-state index contributed by atoms with van der Waals surface area (Å²) in [6.07, 6.45) is 1.72. The molecule has 0 saturated heterocycles. The monoisotopic (exact) mass is 464 g/mol. The van der Waals surface area contributed by atoms with Crippen LogP contribution in [0.25, 0.3) is 0 Å². The van der Waals surface area contributed by atoms with Crippen molar-refractivity contribution < 1.29 is 4.79 Å². The van der Waals surface area contributed by atoms with Crippen LogP contribution < -0.4 is 0 Å².